The van der Waals surface area contributed by atoms with E-state index >= 15 is 0 Å². The molecule has 1 aliphatic heterocycles. The molecular weight excluding hydrogens is 729 g/mol. The fraction of sp³-hybridized carbons (Fsp3) is 0.241. The zero-order chi connectivity index (χ0) is 33.8. The summed E-state index contributed by atoms with van der Waals surface area (Å²) in [7, 11) is -7.80. The van der Waals surface area contributed by atoms with E-state index in [1.165, 1.54) is 6.07 Å². The molecule has 0 aliphatic carbocycles. The monoisotopic (exact) mass is 757 g/mol. The summed E-state index contributed by atoms with van der Waals surface area (Å²) in [6, 6.07) is 18.4. The molecular formula is C29H30Cl2KN9O5S2. The molecule has 6 rings (SSSR count). The van der Waals surface area contributed by atoms with Crippen molar-refractivity contribution in [1.29, 1.82) is 0 Å². The smallest absolute Gasteiger partial charge is 0.850 e. The number of rotatable bonds is 9. The van der Waals surface area contributed by atoms with E-state index in [1.54, 1.807) is 0 Å². The number of benzene rings is 3. The van der Waals surface area contributed by atoms with Crippen LogP contribution in [0.2, 0.25) is 10.2 Å². The summed E-state index contributed by atoms with van der Waals surface area (Å²) in [5, 5.41) is 33.9. The van der Waals surface area contributed by atoms with Gasteiger partial charge in [0.2, 0.25) is 25.9 Å². The number of nitrogens with zero attached hydrogens (tertiary/aromatic N) is 5. The number of tetrazole rings is 1. The fourth-order valence-electron chi connectivity index (χ4n) is 4.95. The minimum atomic E-state index is -4.07. The number of primary sulfonamides is 1. The maximum Gasteiger partial charge on any atom is 1.00 e. The van der Waals surface area contributed by atoms with Gasteiger partial charge in [-0.25, -0.2) is 27.0 Å². The van der Waals surface area contributed by atoms with Crippen molar-refractivity contribution < 1.29 is 73.3 Å². The number of anilines is 1. The molecule has 0 fully saturated rings. The van der Waals surface area contributed by atoms with Crippen LogP contribution in [0.25, 0.3) is 22.5 Å². The Labute approximate surface area is 330 Å². The number of sulfonamides is 2. The van der Waals surface area contributed by atoms with E-state index < -0.39 is 24.9 Å². The predicted octanol–water partition coefficient (Wildman–Crippen LogP) is 0.288. The average molecular weight is 759 g/mol. The Morgan fingerprint density at radius 1 is 1.06 bits per heavy atom. The number of aromatic amines is 1. The number of nitrogens with two attached hydrogens (primary N) is 1. The number of aromatic nitrogens is 6. The van der Waals surface area contributed by atoms with Crippen LogP contribution in [0.1, 0.15) is 36.8 Å². The Morgan fingerprint density at radius 2 is 1.77 bits per heavy atom. The van der Waals surface area contributed by atoms with Gasteiger partial charge in [-0.1, -0.05) is 91.7 Å². The Kier molecular flexibility index (Phi) is 13.4. The van der Waals surface area contributed by atoms with Gasteiger partial charge in [0, 0.05) is 24.2 Å². The molecule has 2 aromatic heterocycles. The third-order valence-electron chi connectivity index (χ3n) is 7.28. The first kappa shape index (κ1) is 38.5. The molecule has 0 amide bonds. The van der Waals surface area contributed by atoms with Gasteiger partial charge < -0.3 is 15.0 Å². The summed E-state index contributed by atoms with van der Waals surface area (Å²) in [5.74, 6) is 1.43. The maximum atomic E-state index is 11.7. The van der Waals surface area contributed by atoms with E-state index in [0.717, 1.165) is 53.4 Å². The molecule has 14 nitrogen and oxygen atoms in total. The van der Waals surface area contributed by atoms with Gasteiger partial charge in [-0.15, -0.1) is 10.2 Å². The number of aryl methyl sites for hydroxylation is 1. The number of nitrogens with one attached hydrogen (secondary N) is 3. The molecule has 1 aliphatic rings. The molecule has 0 saturated carbocycles. The third-order valence-corrected chi connectivity index (χ3v) is 10.4. The molecule has 48 heavy (non-hydrogen) atoms. The van der Waals surface area contributed by atoms with E-state index in [-0.39, 0.29) is 80.3 Å². The van der Waals surface area contributed by atoms with Gasteiger partial charge in [0.15, 0.2) is 0 Å². The minimum Gasteiger partial charge on any atom is -0.850 e. The second-order valence-electron chi connectivity index (χ2n) is 10.4. The molecule has 0 radical (unpaired) electrons. The number of hydrogen-bond acceptors (Lipinski definition) is 10. The predicted molar refractivity (Wildman–Crippen MR) is 175 cm³/mol. The van der Waals surface area contributed by atoms with Gasteiger partial charge in [0.05, 0.1) is 17.4 Å². The third kappa shape index (κ3) is 8.90. The van der Waals surface area contributed by atoms with Crippen LogP contribution in [0.3, 0.4) is 0 Å². The van der Waals surface area contributed by atoms with E-state index in [0.29, 0.717) is 23.2 Å². The van der Waals surface area contributed by atoms with Crippen molar-refractivity contribution in [1.82, 2.24) is 34.9 Å². The molecule has 3 heterocycles. The van der Waals surface area contributed by atoms with Crippen LogP contribution in [-0.2, 0) is 39.6 Å². The number of unbranched alkanes of at least 4 members (excludes halogenated alkanes) is 1. The summed E-state index contributed by atoms with van der Waals surface area (Å²) in [6.45, 7) is 2.34. The van der Waals surface area contributed by atoms with Crippen molar-refractivity contribution in [2.75, 3.05) is 12.0 Å². The summed E-state index contributed by atoms with van der Waals surface area (Å²) in [5.41, 5.74) is 4.86. The van der Waals surface area contributed by atoms with Crippen molar-refractivity contribution in [3.05, 3.63) is 87.9 Å². The second kappa shape index (κ2) is 16.6. The standard InChI is InChI=1S/C22H22ClN6O.C7H8ClN3O4S2.K/c1-2-3-8-20-24-21(23)19(14-30)29(20)13-15-9-11-16(12-10-15)17-6-4-5-7-18(17)22-25-27-28-26-22;8-4-1-5-7(2-6(4)16(9,12)13)17(14,15)11-3-10-5;/h4-7,9-12H,2-3,8,13-14H2,1H3,(H,25,26,27,28);1-2,10-11H,3H2,(H2,9,12,13);/q-1;;+1. The molecule has 5 aromatic rings. The van der Waals surface area contributed by atoms with Crippen molar-refractivity contribution in [2.24, 2.45) is 5.14 Å². The van der Waals surface area contributed by atoms with Gasteiger partial charge in [-0.3, -0.25) is 0 Å². The van der Waals surface area contributed by atoms with E-state index in [9.17, 15) is 21.9 Å². The topological polar surface area (TPSA) is 214 Å². The van der Waals surface area contributed by atoms with Crippen LogP contribution >= 0.6 is 23.2 Å². The van der Waals surface area contributed by atoms with Gasteiger partial charge in [-0.05, 0) is 40.5 Å². The SMILES string of the molecule is CCCCc1nc(Cl)c(C[O-])n1Cc1ccc(-c2ccccc2-c2nn[nH]n2)cc1.NS(=O)(=O)c1cc2c(cc1Cl)NCNS2(=O)=O.[K+]. The largest absolute Gasteiger partial charge is 1.00 e. The Morgan fingerprint density at radius 3 is 2.40 bits per heavy atom. The van der Waals surface area contributed by atoms with E-state index in [1.807, 2.05) is 28.8 Å². The molecule has 5 N–H and O–H groups in total. The van der Waals surface area contributed by atoms with Gasteiger partial charge in [-0.2, -0.15) is 9.94 Å². The Hall–Kier alpha value is -2.26. The summed E-state index contributed by atoms with van der Waals surface area (Å²) in [4.78, 5) is 3.80. The first-order valence-electron chi connectivity index (χ1n) is 14.3. The summed E-state index contributed by atoms with van der Waals surface area (Å²) in [6.07, 6.45) is 2.88. The molecule has 19 heteroatoms. The molecule has 0 atom stereocenters. The van der Waals surface area contributed by atoms with Crippen molar-refractivity contribution in [3.63, 3.8) is 0 Å². The van der Waals surface area contributed by atoms with Gasteiger partial charge >= 0.3 is 51.4 Å². The van der Waals surface area contributed by atoms with Crippen LogP contribution in [0.4, 0.5) is 5.69 Å². The first-order valence-corrected chi connectivity index (χ1v) is 18.1. The second-order valence-corrected chi connectivity index (χ2v) is 14.4. The van der Waals surface area contributed by atoms with Crippen molar-refractivity contribution in [2.45, 2.75) is 49.1 Å². The molecule has 0 bridgehead atoms. The molecule has 0 unspecified atom stereocenters. The number of hydrogen-bond donors (Lipinski definition) is 4. The van der Waals surface area contributed by atoms with Crippen LogP contribution in [-0.4, -0.2) is 53.7 Å². The minimum absolute atomic E-state index is 0. The van der Waals surface area contributed by atoms with Gasteiger partial charge in [0.1, 0.15) is 20.8 Å². The normalized spacial score (nSPS) is 13.4. The van der Waals surface area contributed by atoms with Crippen molar-refractivity contribution in [3.8, 4) is 22.5 Å². The van der Waals surface area contributed by atoms with Crippen LogP contribution in [0.5, 0.6) is 0 Å². The Bertz CT molecular complexity index is 2100. The summed E-state index contributed by atoms with van der Waals surface area (Å²) >= 11 is 11.9. The van der Waals surface area contributed by atoms with E-state index in [4.69, 9.17) is 28.3 Å². The first-order chi connectivity index (χ1) is 22.4. The average Bonchev–Trinajstić information content (AvgIpc) is 3.67. The maximum absolute atomic E-state index is 11.7. The fourth-order valence-corrected chi connectivity index (χ4v) is 7.49. The number of imidazole rings is 1. The molecule has 0 spiro atoms. The summed E-state index contributed by atoms with van der Waals surface area (Å²) < 4.78 is 49.8. The van der Waals surface area contributed by atoms with Crippen LogP contribution < -0.4 is 71.7 Å². The quantitative estimate of drug-likeness (QED) is 0.151. The van der Waals surface area contributed by atoms with Crippen LogP contribution in [0.15, 0.2) is 70.5 Å². The zero-order valence-corrected chi connectivity index (χ0v) is 32.2. The van der Waals surface area contributed by atoms with Gasteiger partial charge in [0.25, 0.3) is 0 Å². The molecule has 0 saturated heterocycles. The Balaban J connectivity index is 0.000000246. The number of fused-ring (bicyclic) bond motifs is 1. The van der Waals surface area contributed by atoms with Crippen LogP contribution in [0, 0.1) is 0 Å². The molecule has 3 aromatic carbocycles. The van der Waals surface area contributed by atoms with Crippen molar-refractivity contribution >= 4 is 48.9 Å². The van der Waals surface area contributed by atoms with E-state index in [2.05, 4.69) is 66.8 Å². The number of H-pyrrole nitrogens is 1. The zero-order valence-electron chi connectivity index (χ0n) is 25.9. The number of halogens is 2. The molecule has 248 valence electrons.